The molecule has 0 aromatic heterocycles. The summed E-state index contributed by atoms with van der Waals surface area (Å²) in [6, 6.07) is 6.17. The van der Waals surface area contributed by atoms with Gasteiger partial charge in [0.2, 0.25) is 0 Å². The van der Waals surface area contributed by atoms with Crippen LogP contribution in [0.1, 0.15) is 32.8 Å². The number of carbonyl (C=O) groups is 2. The molecule has 0 aliphatic carbocycles. The van der Waals surface area contributed by atoms with E-state index in [4.69, 9.17) is 5.11 Å². The van der Waals surface area contributed by atoms with E-state index < -0.39 is 18.0 Å². The molecule has 3 N–H and O–H groups in total. The molecule has 5 nitrogen and oxygen atoms in total. The summed E-state index contributed by atoms with van der Waals surface area (Å²) in [6.07, 6.45) is 2.29. The van der Waals surface area contributed by atoms with Gasteiger partial charge in [-0.15, -0.1) is 0 Å². The third kappa shape index (κ3) is 5.97. The molecule has 0 heterocycles. The first-order valence-corrected chi connectivity index (χ1v) is 8.53. The third-order valence-electron chi connectivity index (χ3n) is 3.22. The lowest BCUT2D eigenvalue weighted by molar-refractivity contribution is -0.139. The number of carboxylic acids is 1. The molecule has 6 heteroatoms. The van der Waals surface area contributed by atoms with Crippen LogP contribution in [0.15, 0.2) is 24.3 Å². The topological polar surface area (TPSA) is 78.4 Å². The number of anilines is 1. The van der Waals surface area contributed by atoms with Crippen LogP contribution < -0.4 is 10.6 Å². The van der Waals surface area contributed by atoms with Gasteiger partial charge >= 0.3 is 12.0 Å². The largest absolute Gasteiger partial charge is 0.480 e. The van der Waals surface area contributed by atoms with E-state index in [0.717, 1.165) is 0 Å². The van der Waals surface area contributed by atoms with Gasteiger partial charge in [-0.05, 0) is 41.5 Å². The summed E-state index contributed by atoms with van der Waals surface area (Å²) in [7, 11) is 0. The molecule has 1 atom stereocenters. The van der Waals surface area contributed by atoms with Gasteiger partial charge in [-0.3, -0.25) is 0 Å². The van der Waals surface area contributed by atoms with Gasteiger partial charge in [0.25, 0.3) is 0 Å². The van der Waals surface area contributed by atoms with Crippen LogP contribution in [-0.2, 0) is 10.2 Å². The SMILES string of the molecule is CSCCC(NC(=O)Nc1ccc(C(C)(C)C)cc1)C(=O)O. The third-order valence-corrected chi connectivity index (χ3v) is 3.87. The van der Waals surface area contributed by atoms with Crippen molar-refractivity contribution >= 4 is 29.4 Å². The Morgan fingerprint density at radius 3 is 2.27 bits per heavy atom. The number of carboxylic acid groups (broad SMARTS) is 1. The summed E-state index contributed by atoms with van der Waals surface area (Å²) in [5.41, 5.74) is 1.86. The van der Waals surface area contributed by atoms with E-state index in [0.29, 0.717) is 17.9 Å². The number of thioether (sulfide) groups is 1. The lowest BCUT2D eigenvalue weighted by Crippen LogP contribution is -2.43. The molecule has 0 bridgehead atoms. The van der Waals surface area contributed by atoms with Crippen LogP contribution in [0.4, 0.5) is 10.5 Å². The van der Waals surface area contributed by atoms with Crippen LogP contribution >= 0.6 is 11.8 Å². The Morgan fingerprint density at radius 2 is 1.82 bits per heavy atom. The predicted octanol–water partition coefficient (Wildman–Crippen LogP) is 3.31. The molecule has 0 aliphatic heterocycles. The summed E-state index contributed by atoms with van der Waals surface area (Å²) in [5, 5.41) is 14.2. The summed E-state index contributed by atoms with van der Waals surface area (Å²) >= 11 is 1.55. The minimum atomic E-state index is -1.02. The zero-order chi connectivity index (χ0) is 16.8. The van der Waals surface area contributed by atoms with Crippen molar-refractivity contribution in [2.24, 2.45) is 0 Å². The summed E-state index contributed by atoms with van der Waals surface area (Å²) < 4.78 is 0. The molecule has 0 aliphatic rings. The molecular weight excluding hydrogens is 300 g/mol. The highest BCUT2D eigenvalue weighted by atomic mass is 32.2. The molecule has 22 heavy (non-hydrogen) atoms. The van der Waals surface area contributed by atoms with E-state index in [-0.39, 0.29) is 5.41 Å². The first-order chi connectivity index (χ1) is 10.2. The van der Waals surface area contributed by atoms with Gasteiger partial charge in [0.05, 0.1) is 0 Å². The van der Waals surface area contributed by atoms with E-state index in [9.17, 15) is 9.59 Å². The maximum Gasteiger partial charge on any atom is 0.326 e. The average Bonchev–Trinajstić information content (AvgIpc) is 2.42. The van der Waals surface area contributed by atoms with Crippen molar-refractivity contribution in [1.29, 1.82) is 0 Å². The van der Waals surface area contributed by atoms with Crippen LogP contribution in [0.3, 0.4) is 0 Å². The van der Waals surface area contributed by atoms with Gasteiger partial charge in [-0.1, -0.05) is 32.9 Å². The highest BCUT2D eigenvalue weighted by molar-refractivity contribution is 7.98. The maximum absolute atomic E-state index is 11.9. The molecule has 1 aromatic rings. The number of aliphatic carboxylic acids is 1. The number of rotatable bonds is 6. The van der Waals surface area contributed by atoms with Gasteiger partial charge in [0.15, 0.2) is 0 Å². The van der Waals surface area contributed by atoms with E-state index in [1.807, 2.05) is 30.5 Å². The highest BCUT2D eigenvalue weighted by Crippen LogP contribution is 2.23. The van der Waals surface area contributed by atoms with Gasteiger partial charge in [-0.25, -0.2) is 9.59 Å². The molecule has 0 fully saturated rings. The van der Waals surface area contributed by atoms with Gasteiger partial charge in [0.1, 0.15) is 6.04 Å². The quantitative estimate of drug-likeness (QED) is 0.750. The molecule has 0 spiro atoms. The number of urea groups is 1. The first kappa shape index (κ1) is 18.4. The lowest BCUT2D eigenvalue weighted by Gasteiger charge is -2.19. The zero-order valence-corrected chi connectivity index (χ0v) is 14.3. The molecule has 1 rings (SSSR count). The number of amides is 2. The van der Waals surface area contributed by atoms with Crippen LogP contribution in [-0.4, -0.2) is 35.2 Å². The van der Waals surface area contributed by atoms with Crippen LogP contribution in [0, 0.1) is 0 Å². The second kappa shape index (κ2) is 8.08. The first-order valence-electron chi connectivity index (χ1n) is 7.14. The summed E-state index contributed by atoms with van der Waals surface area (Å²) in [6.45, 7) is 6.35. The normalized spacial score (nSPS) is 12.5. The Morgan fingerprint density at radius 1 is 1.23 bits per heavy atom. The van der Waals surface area contributed by atoms with Crippen molar-refractivity contribution in [3.8, 4) is 0 Å². The number of benzene rings is 1. The summed E-state index contributed by atoms with van der Waals surface area (Å²) in [4.78, 5) is 23.0. The average molecular weight is 324 g/mol. The summed E-state index contributed by atoms with van der Waals surface area (Å²) in [5.74, 6) is -0.343. The molecular formula is C16H24N2O3S. The maximum atomic E-state index is 11.9. The molecule has 1 unspecified atom stereocenters. The fraction of sp³-hybridized carbons (Fsp3) is 0.500. The van der Waals surface area contributed by atoms with Crippen LogP contribution in [0.5, 0.6) is 0 Å². The van der Waals surface area contributed by atoms with Gasteiger partial charge in [-0.2, -0.15) is 11.8 Å². The van der Waals surface area contributed by atoms with Gasteiger partial charge in [0, 0.05) is 5.69 Å². The van der Waals surface area contributed by atoms with E-state index in [2.05, 4.69) is 31.4 Å². The molecule has 0 saturated carbocycles. The number of nitrogens with one attached hydrogen (secondary N) is 2. The van der Waals surface area contributed by atoms with Crippen molar-refractivity contribution in [2.75, 3.05) is 17.3 Å². The fourth-order valence-electron chi connectivity index (χ4n) is 1.87. The standard InChI is InChI=1S/C16H24N2O3S/c1-16(2,3)11-5-7-12(8-6-11)17-15(21)18-13(14(19)20)9-10-22-4/h5-8,13H,9-10H2,1-4H3,(H,19,20)(H2,17,18,21). The second-order valence-corrected chi connectivity index (χ2v) is 7.08. The molecule has 122 valence electrons. The van der Waals surface area contributed by atoms with E-state index >= 15 is 0 Å². The Hall–Kier alpha value is -1.69. The number of hydrogen-bond acceptors (Lipinski definition) is 3. The smallest absolute Gasteiger partial charge is 0.326 e. The molecule has 2 amide bonds. The van der Waals surface area contributed by atoms with Crippen LogP contribution in [0.25, 0.3) is 0 Å². The minimum Gasteiger partial charge on any atom is -0.480 e. The Balaban J connectivity index is 2.62. The Bertz CT molecular complexity index is 509. The van der Waals surface area contributed by atoms with Crippen molar-refractivity contribution in [3.63, 3.8) is 0 Å². The molecule has 1 aromatic carbocycles. The van der Waals surface area contributed by atoms with E-state index in [1.54, 1.807) is 11.8 Å². The number of carbonyl (C=O) groups excluding carboxylic acids is 1. The van der Waals surface area contributed by atoms with Crippen LogP contribution in [0.2, 0.25) is 0 Å². The van der Waals surface area contributed by atoms with Crippen molar-refractivity contribution in [2.45, 2.75) is 38.6 Å². The van der Waals surface area contributed by atoms with Crippen molar-refractivity contribution in [3.05, 3.63) is 29.8 Å². The minimum absolute atomic E-state index is 0.0486. The molecule has 0 saturated heterocycles. The van der Waals surface area contributed by atoms with Gasteiger partial charge < -0.3 is 15.7 Å². The van der Waals surface area contributed by atoms with Crippen molar-refractivity contribution in [1.82, 2.24) is 5.32 Å². The fourth-order valence-corrected chi connectivity index (χ4v) is 2.34. The Labute approximate surface area is 135 Å². The second-order valence-electron chi connectivity index (χ2n) is 6.10. The predicted molar refractivity (Wildman–Crippen MR) is 91.7 cm³/mol. The Kier molecular flexibility index (Phi) is 6.74. The number of hydrogen-bond donors (Lipinski definition) is 3. The zero-order valence-electron chi connectivity index (χ0n) is 13.5. The van der Waals surface area contributed by atoms with Crippen molar-refractivity contribution < 1.29 is 14.7 Å². The van der Waals surface area contributed by atoms with E-state index in [1.165, 1.54) is 5.56 Å². The molecule has 0 radical (unpaired) electrons. The lowest BCUT2D eigenvalue weighted by atomic mass is 9.87. The highest BCUT2D eigenvalue weighted by Gasteiger charge is 2.19. The monoisotopic (exact) mass is 324 g/mol.